The maximum absolute atomic E-state index is 13.8. The zero-order chi connectivity index (χ0) is 20.4. The van der Waals surface area contributed by atoms with Crippen molar-refractivity contribution in [1.29, 1.82) is 0 Å². The molecule has 2 rings (SSSR count). The van der Waals surface area contributed by atoms with E-state index in [1.54, 1.807) is 0 Å². The molecule has 0 spiro atoms. The lowest BCUT2D eigenvalue weighted by Gasteiger charge is -2.34. The normalized spacial score (nSPS) is 15.1. The third-order valence-electron chi connectivity index (χ3n) is 4.20. The predicted octanol–water partition coefficient (Wildman–Crippen LogP) is 1.69. The van der Waals surface area contributed by atoms with Gasteiger partial charge in [0.05, 0.1) is 5.52 Å². The number of aldehydes is 1. The number of aromatic amines is 1. The molecule has 2 atom stereocenters. The van der Waals surface area contributed by atoms with Gasteiger partial charge in [-0.05, 0) is 12.1 Å². The van der Waals surface area contributed by atoms with Crippen LogP contribution in [0.25, 0.3) is 11.0 Å². The Balaban J connectivity index is 2.47. The molecule has 2 aromatic rings. The van der Waals surface area contributed by atoms with Crippen molar-refractivity contribution in [2.45, 2.75) is 37.4 Å². The molecule has 0 aliphatic rings. The third-order valence-corrected chi connectivity index (χ3v) is 4.20. The summed E-state index contributed by atoms with van der Waals surface area (Å²) in [5.74, 6) is -4.59. The standard InChI is InChI=1S/C16H16F4N4O3/c1-8(13-22-10-4-2-3-9(17)12(10)23-13)15(5-6-25,14(21)27)24-11(26)7-16(18,19)20/h2-4,6,8H,5,7H2,1H3,(H2,21,27)(H,22,23)(H,24,26)/t8-,15?/m1/s1. The van der Waals surface area contributed by atoms with E-state index in [-0.39, 0.29) is 23.1 Å². The molecule has 1 unspecified atom stereocenters. The molecule has 7 nitrogen and oxygen atoms in total. The summed E-state index contributed by atoms with van der Waals surface area (Å²) in [7, 11) is 0. The summed E-state index contributed by atoms with van der Waals surface area (Å²) < 4.78 is 51.2. The fraction of sp³-hybridized carbons (Fsp3) is 0.375. The van der Waals surface area contributed by atoms with E-state index in [9.17, 15) is 31.9 Å². The van der Waals surface area contributed by atoms with Gasteiger partial charge in [0.15, 0.2) is 5.82 Å². The van der Waals surface area contributed by atoms with Crippen molar-refractivity contribution in [2.24, 2.45) is 5.73 Å². The molecule has 4 N–H and O–H groups in total. The molecule has 0 bridgehead atoms. The van der Waals surface area contributed by atoms with Crippen LogP contribution >= 0.6 is 0 Å². The van der Waals surface area contributed by atoms with Crippen molar-refractivity contribution in [3.63, 3.8) is 0 Å². The molecular formula is C16H16F4N4O3. The first-order chi connectivity index (χ1) is 12.5. The average Bonchev–Trinajstić information content (AvgIpc) is 2.97. The zero-order valence-corrected chi connectivity index (χ0v) is 14.1. The zero-order valence-electron chi connectivity index (χ0n) is 14.1. The molecule has 1 aromatic carbocycles. The molecule has 0 aliphatic heterocycles. The van der Waals surface area contributed by atoms with Crippen molar-refractivity contribution in [1.82, 2.24) is 15.3 Å². The number of hydrogen-bond donors (Lipinski definition) is 3. The Kier molecular flexibility index (Phi) is 5.52. The van der Waals surface area contributed by atoms with Gasteiger partial charge in [0.1, 0.15) is 29.6 Å². The Morgan fingerprint density at radius 1 is 1.37 bits per heavy atom. The quantitative estimate of drug-likeness (QED) is 0.494. The van der Waals surface area contributed by atoms with Crippen LogP contribution in [0.2, 0.25) is 0 Å². The first-order valence-electron chi connectivity index (χ1n) is 7.75. The number of aromatic nitrogens is 2. The molecule has 27 heavy (non-hydrogen) atoms. The second-order valence-electron chi connectivity index (χ2n) is 6.03. The summed E-state index contributed by atoms with van der Waals surface area (Å²) >= 11 is 0. The highest BCUT2D eigenvalue weighted by atomic mass is 19.4. The number of nitrogens with zero attached hydrogens (tertiary/aromatic N) is 1. The Hall–Kier alpha value is -2.98. The Morgan fingerprint density at radius 3 is 2.56 bits per heavy atom. The Labute approximate surface area is 150 Å². The van der Waals surface area contributed by atoms with Crippen LogP contribution in [0.5, 0.6) is 0 Å². The van der Waals surface area contributed by atoms with E-state index in [4.69, 9.17) is 5.73 Å². The number of para-hydroxylation sites is 1. The number of nitrogens with two attached hydrogens (primary N) is 1. The maximum atomic E-state index is 13.8. The number of fused-ring (bicyclic) bond motifs is 1. The largest absolute Gasteiger partial charge is 0.397 e. The first-order valence-corrected chi connectivity index (χ1v) is 7.75. The maximum Gasteiger partial charge on any atom is 0.397 e. The van der Waals surface area contributed by atoms with E-state index in [1.165, 1.54) is 19.1 Å². The van der Waals surface area contributed by atoms with Crippen LogP contribution in [0, 0.1) is 5.82 Å². The molecule has 0 radical (unpaired) electrons. The molecule has 0 saturated carbocycles. The predicted molar refractivity (Wildman–Crippen MR) is 85.9 cm³/mol. The third kappa shape index (κ3) is 4.23. The van der Waals surface area contributed by atoms with Crippen molar-refractivity contribution >= 4 is 29.1 Å². The second kappa shape index (κ2) is 7.33. The van der Waals surface area contributed by atoms with Gasteiger partial charge in [-0.15, -0.1) is 0 Å². The van der Waals surface area contributed by atoms with Crippen LogP contribution in [0.3, 0.4) is 0 Å². The summed E-state index contributed by atoms with van der Waals surface area (Å²) in [4.78, 5) is 41.6. The topological polar surface area (TPSA) is 118 Å². The number of benzene rings is 1. The van der Waals surface area contributed by atoms with Crippen LogP contribution < -0.4 is 11.1 Å². The highest BCUT2D eigenvalue weighted by Gasteiger charge is 2.46. The molecule has 11 heteroatoms. The smallest absolute Gasteiger partial charge is 0.368 e. The monoisotopic (exact) mass is 388 g/mol. The number of primary amides is 1. The fourth-order valence-electron chi connectivity index (χ4n) is 2.77. The molecule has 146 valence electrons. The summed E-state index contributed by atoms with van der Waals surface area (Å²) in [6, 6.07) is 4.05. The average molecular weight is 388 g/mol. The van der Waals surface area contributed by atoms with Gasteiger partial charge < -0.3 is 20.8 Å². The van der Waals surface area contributed by atoms with E-state index in [0.29, 0.717) is 0 Å². The fourth-order valence-corrected chi connectivity index (χ4v) is 2.77. The van der Waals surface area contributed by atoms with Crippen LogP contribution in [-0.4, -0.2) is 39.8 Å². The summed E-state index contributed by atoms with van der Waals surface area (Å²) in [5, 5.41) is 1.93. The number of amides is 2. The number of nitrogens with one attached hydrogen (secondary N) is 2. The Morgan fingerprint density at radius 2 is 2.04 bits per heavy atom. The van der Waals surface area contributed by atoms with Gasteiger partial charge in [0.2, 0.25) is 11.8 Å². The molecule has 1 heterocycles. The summed E-state index contributed by atoms with van der Waals surface area (Å²) in [5.41, 5.74) is 3.35. The second-order valence-corrected chi connectivity index (χ2v) is 6.03. The van der Waals surface area contributed by atoms with Crippen molar-refractivity contribution in [2.75, 3.05) is 0 Å². The molecular weight excluding hydrogens is 372 g/mol. The number of rotatable bonds is 7. The number of carbonyl (C=O) groups is 3. The van der Waals surface area contributed by atoms with Crippen LogP contribution in [-0.2, 0) is 14.4 Å². The molecule has 0 fully saturated rings. The number of hydrogen-bond acceptors (Lipinski definition) is 4. The minimum Gasteiger partial charge on any atom is -0.368 e. The van der Waals surface area contributed by atoms with Gasteiger partial charge in [-0.3, -0.25) is 9.59 Å². The van der Waals surface area contributed by atoms with Gasteiger partial charge >= 0.3 is 6.18 Å². The summed E-state index contributed by atoms with van der Waals surface area (Å²) in [6.07, 6.45) is -7.12. The minimum absolute atomic E-state index is 0.0249. The highest BCUT2D eigenvalue weighted by molar-refractivity contribution is 5.93. The van der Waals surface area contributed by atoms with Gasteiger partial charge in [-0.25, -0.2) is 9.37 Å². The van der Waals surface area contributed by atoms with Gasteiger partial charge in [-0.2, -0.15) is 13.2 Å². The number of alkyl halides is 3. The van der Waals surface area contributed by atoms with Crippen molar-refractivity contribution in [3.8, 4) is 0 Å². The lowest BCUT2D eigenvalue weighted by atomic mass is 9.81. The van der Waals surface area contributed by atoms with Crippen molar-refractivity contribution < 1.29 is 31.9 Å². The van der Waals surface area contributed by atoms with Crippen LogP contribution in [0.4, 0.5) is 17.6 Å². The molecule has 0 aliphatic carbocycles. The van der Waals surface area contributed by atoms with E-state index >= 15 is 0 Å². The van der Waals surface area contributed by atoms with E-state index < -0.39 is 48.1 Å². The van der Waals surface area contributed by atoms with E-state index in [0.717, 1.165) is 6.07 Å². The molecule has 1 aromatic heterocycles. The minimum atomic E-state index is -4.82. The first kappa shape index (κ1) is 20.3. The van der Waals surface area contributed by atoms with Crippen molar-refractivity contribution in [3.05, 3.63) is 29.8 Å². The molecule has 2 amide bonds. The van der Waals surface area contributed by atoms with Gasteiger partial charge in [-0.1, -0.05) is 13.0 Å². The van der Waals surface area contributed by atoms with Crippen LogP contribution in [0.15, 0.2) is 18.2 Å². The number of carbonyl (C=O) groups excluding carboxylic acids is 3. The van der Waals surface area contributed by atoms with Crippen LogP contribution in [0.1, 0.15) is 31.5 Å². The molecule has 0 saturated heterocycles. The van der Waals surface area contributed by atoms with E-state index in [2.05, 4.69) is 9.97 Å². The number of imidazole rings is 1. The Bertz CT molecular complexity index is 880. The van der Waals surface area contributed by atoms with E-state index in [1.807, 2.05) is 5.32 Å². The SMILES string of the molecule is C[C@H](c1nc2c(F)cccc2[nH]1)C(CC=O)(NC(=O)CC(F)(F)F)C(N)=O. The highest BCUT2D eigenvalue weighted by Crippen LogP contribution is 2.31. The lowest BCUT2D eigenvalue weighted by molar-refractivity contribution is -0.156. The number of halogens is 4. The lowest BCUT2D eigenvalue weighted by Crippen LogP contribution is -2.61. The van der Waals surface area contributed by atoms with Gasteiger partial charge in [0.25, 0.3) is 0 Å². The number of H-pyrrole nitrogens is 1. The van der Waals surface area contributed by atoms with Gasteiger partial charge in [0, 0.05) is 12.3 Å². The summed E-state index contributed by atoms with van der Waals surface area (Å²) in [6.45, 7) is 1.33.